The van der Waals surface area contributed by atoms with E-state index in [-0.39, 0.29) is 17.5 Å². The Balaban J connectivity index is 2.02. The zero-order valence-electron chi connectivity index (χ0n) is 10.1. The summed E-state index contributed by atoms with van der Waals surface area (Å²) >= 11 is 0. The van der Waals surface area contributed by atoms with Crippen molar-refractivity contribution in [2.24, 2.45) is 0 Å². The molecule has 0 aromatic heterocycles. The van der Waals surface area contributed by atoms with Gasteiger partial charge in [-0.25, -0.2) is 0 Å². The molecule has 1 heterocycles. The zero-order chi connectivity index (χ0) is 13.2. The summed E-state index contributed by atoms with van der Waals surface area (Å²) in [5, 5.41) is 3.21. The van der Waals surface area contributed by atoms with Crippen LogP contribution in [0.1, 0.15) is 19.8 Å². The lowest BCUT2D eigenvalue weighted by Gasteiger charge is -2.14. The SMILES string of the molecule is C=CCCC(C)Nc1ccc2c(c1)OC(F)(F)O2. The maximum atomic E-state index is 12.8. The van der Waals surface area contributed by atoms with Gasteiger partial charge in [0.15, 0.2) is 11.5 Å². The second-order valence-corrected chi connectivity index (χ2v) is 4.24. The summed E-state index contributed by atoms with van der Waals surface area (Å²) in [5.74, 6) is 0.116. The predicted octanol–water partition coefficient (Wildman–Crippen LogP) is 3.77. The lowest BCUT2D eigenvalue weighted by molar-refractivity contribution is -0.286. The van der Waals surface area contributed by atoms with Gasteiger partial charge in [0.2, 0.25) is 0 Å². The van der Waals surface area contributed by atoms with Crippen LogP contribution in [0.2, 0.25) is 0 Å². The average Bonchev–Trinajstić information content (AvgIpc) is 2.59. The fraction of sp³-hybridized carbons (Fsp3) is 0.385. The highest BCUT2D eigenvalue weighted by molar-refractivity contribution is 5.56. The van der Waals surface area contributed by atoms with Gasteiger partial charge < -0.3 is 14.8 Å². The Morgan fingerprint density at radius 2 is 2.11 bits per heavy atom. The minimum absolute atomic E-state index is 0.0564. The number of hydrogen-bond donors (Lipinski definition) is 1. The number of fused-ring (bicyclic) bond motifs is 1. The lowest BCUT2D eigenvalue weighted by atomic mass is 10.1. The van der Waals surface area contributed by atoms with Crippen LogP contribution >= 0.6 is 0 Å². The van der Waals surface area contributed by atoms with Crippen LogP contribution in [-0.4, -0.2) is 12.3 Å². The fourth-order valence-electron chi connectivity index (χ4n) is 1.76. The third-order valence-electron chi connectivity index (χ3n) is 2.62. The Hall–Kier alpha value is -1.78. The summed E-state index contributed by atoms with van der Waals surface area (Å²) in [6, 6.07) is 4.90. The summed E-state index contributed by atoms with van der Waals surface area (Å²) in [7, 11) is 0. The molecule has 0 radical (unpaired) electrons. The molecule has 0 aliphatic carbocycles. The van der Waals surface area contributed by atoms with E-state index in [0.29, 0.717) is 0 Å². The van der Waals surface area contributed by atoms with Crippen molar-refractivity contribution in [2.45, 2.75) is 32.1 Å². The van der Waals surface area contributed by atoms with Crippen molar-refractivity contribution in [3.05, 3.63) is 30.9 Å². The van der Waals surface area contributed by atoms with Crippen molar-refractivity contribution in [2.75, 3.05) is 5.32 Å². The van der Waals surface area contributed by atoms with E-state index < -0.39 is 6.29 Å². The van der Waals surface area contributed by atoms with E-state index in [4.69, 9.17) is 0 Å². The molecule has 1 unspecified atom stereocenters. The highest BCUT2D eigenvalue weighted by Gasteiger charge is 2.43. The van der Waals surface area contributed by atoms with Crippen LogP contribution in [-0.2, 0) is 0 Å². The van der Waals surface area contributed by atoms with Gasteiger partial charge >= 0.3 is 6.29 Å². The van der Waals surface area contributed by atoms with Gasteiger partial charge in [0.1, 0.15) is 0 Å². The molecule has 5 heteroatoms. The normalized spacial score (nSPS) is 17.3. The van der Waals surface area contributed by atoms with Crippen molar-refractivity contribution in [1.82, 2.24) is 0 Å². The number of allylic oxidation sites excluding steroid dienone is 1. The zero-order valence-corrected chi connectivity index (χ0v) is 10.1. The number of alkyl halides is 2. The van der Waals surface area contributed by atoms with Crippen molar-refractivity contribution >= 4 is 5.69 Å². The molecule has 1 aromatic rings. The Morgan fingerprint density at radius 1 is 1.39 bits per heavy atom. The molecule has 1 aromatic carbocycles. The number of hydrogen-bond acceptors (Lipinski definition) is 3. The molecule has 1 N–H and O–H groups in total. The van der Waals surface area contributed by atoms with E-state index >= 15 is 0 Å². The summed E-state index contributed by atoms with van der Waals surface area (Å²) in [6.45, 7) is 5.67. The molecule has 0 bridgehead atoms. The fourth-order valence-corrected chi connectivity index (χ4v) is 1.76. The molecule has 0 saturated carbocycles. The average molecular weight is 255 g/mol. The van der Waals surface area contributed by atoms with Gasteiger partial charge in [-0.3, -0.25) is 0 Å². The quantitative estimate of drug-likeness (QED) is 0.812. The molecular weight excluding hydrogens is 240 g/mol. The Kier molecular flexibility index (Phi) is 3.41. The van der Waals surface area contributed by atoms with Gasteiger partial charge in [-0.05, 0) is 31.9 Å². The van der Waals surface area contributed by atoms with Crippen LogP contribution in [0.3, 0.4) is 0 Å². The van der Waals surface area contributed by atoms with Gasteiger partial charge in [0.25, 0.3) is 0 Å². The molecule has 3 nitrogen and oxygen atoms in total. The van der Waals surface area contributed by atoms with Gasteiger partial charge in [0, 0.05) is 17.8 Å². The molecule has 0 fully saturated rings. The monoisotopic (exact) mass is 255 g/mol. The van der Waals surface area contributed by atoms with Crippen LogP contribution in [0, 0.1) is 0 Å². The van der Waals surface area contributed by atoms with Crippen LogP contribution in [0.25, 0.3) is 0 Å². The maximum absolute atomic E-state index is 12.8. The van der Waals surface area contributed by atoms with Crippen molar-refractivity contribution < 1.29 is 18.3 Å². The second-order valence-electron chi connectivity index (χ2n) is 4.24. The maximum Gasteiger partial charge on any atom is 0.586 e. The van der Waals surface area contributed by atoms with Gasteiger partial charge in [-0.2, -0.15) is 0 Å². The minimum atomic E-state index is -3.56. The lowest BCUT2D eigenvalue weighted by Crippen LogP contribution is -2.25. The Morgan fingerprint density at radius 3 is 2.83 bits per heavy atom. The minimum Gasteiger partial charge on any atom is -0.395 e. The van der Waals surface area contributed by atoms with E-state index in [1.165, 1.54) is 12.1 Å². The van der Waals surface area contributed by atoms with Crippen LogP contribution in [0.15, 0.2) is 30.9 Å². The van der Waals surface area contributed by atoms with Gasteiger partial charge in [-0.1, -0.05) is 6.08 Å². The molecule has 1 aliphatic heterocycles. The predicted molar refractivity (Wildman–Crippen MR) is 65.2 cm³/mol. The van der Waals surface area contributed by atoms with Crippen LogP contribution in [0.5, 0.6) is 11.5 Å². The molecule has 0 amide bonds. The van der Waals surface area contributed by atoms with Crippen molar-refractivity contribution in [1.29, 1.82) is 0 Å². The molecule has 18 heavy (non-hydrogen) atoms. The van der Waals surface area contributed by atoms with Gasteiger partial charge in [0.05, 0.1) is 0 Å². The molecule has 2 rings (SSSR count). The summed E-state index contributed by atoms with van der Waals surface area (Å²) in [5.41, 5.74) is 0.728. The van der Waals surface area contributed by atoms with E-state index in [9.17, 15) is 8.78 Å². The van der Waals surface area contributed by atoms with E-state index in [2.05, 4.69) is 21.4 Å². The second kappa shape index (κ2) is 4.84. The standard InChI is InChI=1S/C13H15F2NO2/c1-3-4-5-9(2)16-10-6-7-11-12(8-10)18-13(14,15)17-11/h3,6-9,16H,1,4-5H2,2H3. The van der Waals surface area contributed by atoms with E-state index in [1.54, 1.807) is 6.07 Å². The molecule has 1 atom stereocenters. The largest absolute Gasteiger partial charge is 0.586 e. The van der Waals surface area contributed by atoms with Crippen molar-refractivity contribution in [3.63, 3.8) is 0 Å². The molecule has 0 spiro atoms. The summed E-state index contributed by atoms with van der Waals surface area (Å²) in [4.78, 5) is 0. The third kappa shape index (κ3) is 2.91. The van der Waals surface area contributed by atoms with Crippen LogP contribution in [0.4, 0.5) is 14.5 Å². The number of benzene rings is 1. The van der Waals surface area contributed by atoms with Crippen LogP contribution < -0.4 is 14.8 Å². The Bertz CT molecular complexity index is 449. The smallest absolute Gasteiger partial charge is 0.395 e. The number of ether oxygens (including phenoxy) is 2. The first-order valence-corrected chi connectivity index (χ1v) is 5.77. The first kappa shape index (κ1) is 12.7. The highest BCUT2D eigenvalue weighted by atomic mass is 19.3. The third-order valence-corrected chi connectivity index (χ3v) is 2.62. The molecule has 1 aliphatic rings. The van der Waals surface area contributed by atoms with Gasteiger partial charge in [-0.15, -0.1) is 15.4 Å². The van der Waals surface area contributed by atoms with E-state index in [1.807, 2.05) is 13.0 Å². The van der Waals surface area contributed by atoms with Crippen molar-refractivity contribution in [3.8, 4) is 11.5 Å². The molecule has 98 valence electrons. The summed E-state index contributed by atoms with van der Waals surface area (Å²) in [6.07, 6.45) is 0.110. The Labute approximate surface area is 104 Å². The molecule has 0 saturated heterocycles. The number of nitrogens with one attached hydrogen (secondary N) is 1. The first-order chi connectivity index (χ1) is 8.50. The number of halogens is 2. The topological polar surface area (TPSA) is 30.5 Å². The van der Waals surface area contributed by atoms with E-state index in [0.717, 1.165) is 18.5 Å². The first-order valence-electron chi connectivity index (χ1n) is 5.77. The molecular formula is C13H15F2NO2. The highest BCUT2D eigenvalue weighted by Crippen LogP contribution is 2.42. The number of rotatable bonds is 5. The summed E-state index contributed by atoms with van der Waals surface area (Å²) < 4.78 is 34.4. The number of anilines is 1.